The number of thioether (sulfide) groups is 1. The van der Waals surface area contributed by atoms with E-state index >= 15 is 0 Å². The molecule has 2 rings (SSSR count). The Morgan fingerprint density at radius 2 is 2.00 bits per heavy atom. The molecule has 24 heavy (non-hydrogen) atoms. The summed E-state index contributed by atoms with van der Waals surface area (Å²) in [6.07, 6.45) is 2.39. The van der Waals surface area contributed by atoms with Gasteiger partial charge in [-0.2, -0.15) is 17.2 Å². The molecule has 2 fully saturated rings. The molecule has 2 saturated heterocycles. The zero-order valence-corrected chi connectivity index (χ0v) is 14.0. The van der Waals surface area contributed by atoms with Gasteiger partial charge < -0.3 is 21.2 Å². The van der Waals surface area contributed by atoms with E-state index in [0.29, 0.717) is 11.7 Å². The molecule has 5 N–H and O–H groups in total. The van der Waals surface area contributed by atoms with Crippen LogP contribution in [0.2, 0.25) is 0 Å². The second-order valence-electron chi connectivity index (χ2n) is 5.83. The van der Waals surface area contributed by atoms with Crippen molar-refractivity contribution in [2.75, 3.05) is 5.75 Å². The first-order valence-corrected chi connectivity index (χ1v) is 8.96. The molecule has 0 bridgehead atoms. The zero-order chi connectivity index (χ0) is 17.5. The molecule has 4 amide bonds. The maximum absolute atomic E-state index is 11.5. The molecule has 0 aromatic rings. The second-order valence-corrected chi connectivity index (χ2v) is 7.11. The predicted octanol–water partition coefficient (Wildman–Crippen LogP) is -0.448. The lowest BCUT2D eigenvalue weighted by molar-refractivity contribution is -0.158. The van der Waals surface area contributed by atoms with Crippen LogP contribution in [-0.4, -0.2) is 46.9 Å². The van der Waals surface area contributed by atoms with Crippen molar-refractivity contribution in [2.45, 2.75) is 55.9 Å². The van der Waals surface area contributed by atoms with Crippen molar-refractivity contribution in [1.29, 1.82) is 0 Å². The third kappa shape index (κ3) is 5.59. The molecule has 2 heterocycles. The number of primary amides is 1. The Morgan fingerprint density at radius 1 is 1.21 bits per heavy atom. The third-order valence-corrected chi connectivity index (χ3v) is 5.44. The average Bonchev–Trinajstić information content (AvgIpc) is 3.07. The van der Waals surface area contributed by atoms with Gasteiger partial charge in [0, 0.05) is 30.3 Å². The van der Waals surface area contributed by atoms with Gasteiger partial charge in [0.05, 0.1) is 12.1 Å². The molecule has 134 valence electrons. The Labute approximate surface area is 143 Å². The highest BCUT2D eigenvalue weighted by atomic mass is 32.2. The van der Waals surface area contributed by atoms with Gasteiger partial charge in [0.2, 0.25) is 5.91 Å². The summed E-state index contributed by atoms with van der Waals surface area (Å²) in [7, 11) is 0. The fraction of sp³-hybridized carbons (Fsp3) is 0.714. The summed E-state index contributed by atoms with van der Waals surface area (Å²) >= 11 is 1.83. The third-order valence-electron chi connectivity index (χ3n) is 3.93. The maximum atomic E-state index is 11.5. The summed E-state index contributed by atoms with van der Waals surface area (Å²) in [6.45, 7) is 0. The van der Waals surface area contributed by atoms with E-state index in [9.17, 15) is 19.2 Å². The lowest BCUT2D eigenvalue weighted by Gasteiger charge is -2.16. The van der Waals surface area contributed by atoms with E-state index in [0.717, 1.165) is 18.6 Å². The number of hydroxylamine groups is 1. The Bertz CT molecular complexity index is 515. The number of fused-ring (bicyclic) bond motifs is 1. The van der Waals surface area contributed by atoms with Gasteiger partial charge in [0.25, 0.3) is 5.91 Å². The maximum Gasteiger partial charge on any atom is 0.332 e. The minimum Gasteiger partial charge on any atom is -0.370 e. The molecule has 0 unspecified atom stereocenters. The van der Waals surface area contributed by atoms with Gasteiger partial charge in [-0.05, 0) is 12.8 Å². The van der Waals surface area contributed by atoms with E-state index in [1.807, 2.05) is 17.2 Å². The van der Waals surface area contributed by atoms with Crippen LogP contribution >= 0.6 is 11.8 Å². The van der Waals surface area contributed by atoms with Gasteiger partial charge in [-0.15, -0.1) is 0 Å². The number of hydrogen-bond donors (Lipinski definition) is 4. The van der Waals surface area contributed by atoms with Crippen molar-refractivity contribution >= 4 is 35.6 Å². The number of amides is 4. The van der Waals surface area contributed by atoms with Crippen molar-refractivity contribution in [3.05, 3.63) is 0 Å². The Balaban J connectivity index is 1.53. The minimum atomic E-state index is -0.586. The first kappa shape index (κ1) is 18.4. The number of rotatable bonds is 8. The smallest absolute Gasteiger partial charge is 0.332 e. The van der Waals surface area contributed by atoms with Crippen LogP contribution in [0.15, 0.2) is 0 Å². The van der Waals surface area contributed by atoms with Gasteiger partial charge in [-0.1, -0.05) is 6.42 Å². The van der Waals surface area contributed by atoms with E-state index in [1.54, 1.807) is 0 Å². The van der Waals surface area contributed by atoms with Crippen molar-refractivity contribution < 1.29 is 24.0 Å². The number of hydrogen-bond acceptors (Lipinski definition) is 6. The Hall–Kier alpha value is -1.97. The van der Waals surface area contributed by atoms with Crippen LogP contribution in [0.5, 0.6) is 0 Å². The summed E-state index contributed by atoms with van der Waals surface area (Å²) in [4.78, 5) is 49.2. The number of urea groups is 1. The van der Waals surface area contributed by atoms with Gasteiger partial charge >= 0.3 is 12.0 Å². The summed E-state index contributed by atoms with van der Waals surface area (Å²) in [6, 6.07) is 0.262. The van der Waals surface area contributed by atoms with Gasteiger partial charge in [-0.25, -0.2) is 9.59 Å². The number of unbranched alkanes of at least 4 members (excludes halogenated alkanes) is 1. The van der Waals surface area contributed by atoms with E-state index in [1.165, 1.54) is 0 Å². The standard InChI is InChI=1S/C14H22N4O5S/c15-10(19)5-6-11(20)18-23-12(21)4-2-1-3-9-13-8(7-24-9)16-14(22)17-13/h8-9,13H,1-7H2,(H2,15,19)(H,18,20)(H2,16,17,22)/t8-,9-,13-/m0/s1. The highest BCUT2D eigenvalue weighted by molar-refractivity contribution is 8.00. The highest BCUT2D eigenvalue weighted by Gasteiger charge is 2.42. The van der Waals surface area contributed by atoms with E-state index in [2.05, 4.69) is 15.5 Å². The van der Waals surface area contributed by atoms with Crippen molar-refractivity contribution in [3.8, 4) is 0 Å². The molecule has 0 saturated carbocycles. The number of carbonyl (C=O) groups excluding carboxylic acids is 4. The molecule has 0 radical (unpaired) electrons. The van der Waals surface area contributed by atoms with E-state index in [-0.39, 0.29) is 37.4 Å². The summed E-state index contributed by atoms with van der Waals surface area (Å²) < 4.78 is 0. The van der Waals surface area contributed by atoms with Gasteiger partial charge in [-0.3, -0.25) is 9.59 Å². The largest absolute Gasteiger partial charge is 0.370 e. The van der Waals surface area contributed by atoms with Crippen LogP contribution in [-0.2, 0) is 19.2 Å². The molecule has 0 aromatic heterocycles. The zero-order valence-electron chi connectivity index (χ0n) is 13.2. The Morgan fingerprint density at radius 3 is 2.75 bits per heavy atom. The topological polar surface area (TPSA) is 140 Å². The van der Waals surface area contributed by atoms with Crippen molar-refractivity contribution in [1.82, 2.24) is 16.1 Å². The monoisotopic (exact) mass is 358 g/mol. The molecule has 0 aliphatic carbocycles. The first-order chi connectivity index (χ1) is 11.5. The van der Waals surface area contributed by atoms with Crippen LogP contribution in [0.3, 0.4) is 0 Å². The van der Waals surface area contributed by atoms with Crippen LogP contribution in [0.4, 0.5) is 4.79 Å². The highest BCUT2D eigenvalue weighted by Crippen LogP contribution is 2.33. The van der Waals surface area contributed by atoms with E-state index in [4.69, 9.17) is 5.73 Å². The first-order valence-electron chi connectivity index (χ1n) is 7.91. The second kappa shape index (κ2) is 8.76. The Kier molecular flexibility index (Phi) is 6.71. The normalized spacial score (nSPS) is 24.7. The molecule has 10 heteroatoms. The molecule has 9 nitrogen and oxygen atoms in total. The number of nitrogens with one attached hydrogen (secondary N) is 3. The summed E-state index contributed by atoms with van der Waals surface area (Å²) in [5, 5.41) is 6.17. The van der Waals surface area contributed by atoms with E-state index < -0.39 is 17.8 Å². The molecule has 2 aliphatic rings. The summed E-state index contributed by atoms with van der Waals surface area (Å²) in [5.41, 5.74) is 6.91. The molecular weight excluding hydrogens is 336 g/mol. The molecule has 2 aliphatic heterocycles. The SMILES string of the molecule is NC(=O)CCC(=O)NOC(=O)CCCC[C@@H]1SC[C@@H]2NC(=O)N[C@@H]21. The fourth-order valence-corrected chi connectivity index (χ4v) is 4.25. The van der Waals surface area contributed by atoms with Gasteiger partial charge in [0.1, 0.15) is 0 Å². The average molecular weight is 358 g/mol. The summed E-state index contributed by atoms with van der Waals surface area (Å²) in [5.74, 6) is -0.750. The quantitative estimate of drug-likeness (QED) is 0.263. The predicted molar refractivity (Wildman–Crippen MR) is 86.6 cm³/mol. The van der Waals surface area contributed by atoms with Crippen LogP contribution in [0.25, 0.3) is 0 Å². The fourth-order valence-electron chi connectivity index (χ4n) is 2.71. The minimum absolute atomic E-state index is 0.0873. The van der Waals surface area contributed by atoms with Gasteiger partial charge in [0.15, 0.2) is 0 Å². The molecule has 0 spiro atoms. The van der Waals surface area contributed by atoms with Crippen molar-refractivity contribution in [2.24, 2.45) is 5.73 Å². The number of carbonyl (C=O) groups is 4. The lowest BCUT2D eigenvalue weighted by Crippen LogP contribution is -2.36. The van der Waals surface area contributed by atoms with Crippen LogP contribution in [0.1, 0.15) is 38.5 Å². The molecular formula is C14H22N4O5S. The lowest BCUT2D eigenvalue weighted by atomic mass is 10.0. The van der Waals surface area contributed by atoms with Crippen LogP contribution in [0, 0.1) is 0 Å². The number of nitrogens with two attached hydrogens (primary N) is 1. The van der Waals surface area contributed by atoms with Crippen molar-refractivity contribution in [3.63, 3.8) is 0 Å². The van der Waals surface area contributed by atoms with Crippen LogP contribution < -0.4 is 21.8 Å². The molecule has 0 aromatic carbocycles. The molecule has 3 atom stereocenters.